The first-order valence-electron chi connectivity index (χ1n) is 8.84. The number of furan rings is 1. The number of aromatic carboxylic acids is 1. The molecule has 0 aliphatic carbocycles. The van der Waals surface area contributed by atoms with Gasteiger partial charge in [0.15, 0.2) is 0 Å². The first kappa shape index (κ1) is 20.1. The number of hydrogen-bond acceptors (Lipinski definition) is 4. The number of carboxylic acids is 1. The number of anilines is 1. The molecule has 0 fully saturated rings. The summed E-state index contributed by atoms with van der Waals surface area (Å²) in [6.07, 6.45) is 1.62. The molecule has 0 spiro atoms. The number of hydrogen-bond donors (Lipinski definition) is 1. The topological polar surface area (TPSA) is 83.1 Å². The van der Waals surface area contributed by atoms with Crippen LogP contribution in [0.4, 0.5) is 5.69 Å². The van der Waals surface area contributed by atoms with Crippen molar-refractivity contribution in [2.24, 2.45) is 5.10 Å². The summed E-state index contributed by atoms with van der Waals surface area (Å²) in [6.45, 7) is 1.70. The van der Waals surface area contributed by atoms with E-state index in [-0.39, 0.29) is 16.5 Å². The summed E-state index contributed by atoms with van der Waals surface area (Å²) < 4.78 is 6.83. The highest BCUT2D eigenvalue weighted by Crippen LogP contribution is 2.30. The molecule has 150 valence electrons. The molecule has 1 aromatic heterocycles. The molecule has 3 aromatic rings. The van der Waals surface area contributed by atoms with Crippen molar-refractivity contribution in [1.29, 1.82) is 0 Å². The molecule has 0 unspecified atom stereocenters. The van der Waals surface area contributed by atoms with E-state index in [4.69, 9.17) is 16.0 Å². The zero-order valence-corrected chi connectivity index (χ0v) is 17.9. The Balaban J connectivity index is 1.63. The third-order valence-electron chi connectivity index (χ3n) is 4.53. The number of hydrazone groups is 1. The number of carboxylic acid groups (broad SMARTS) is 1. The van der Waals surface area contributed by atoms with Gasteiger partial charge in [0, 0.05) is 10.0 Å². The van der Waals surface area contributed by atoms with Gasteiger partial charge in [-0.1, -0.05) is 39.7 Å². The van der Waals surface area contributed by atoms with Crippen molar-refractivity contribution in [2.45, 2.75) is 6.92 Å². The van der Waals surface area contributed by atoms with Gasteiger partial charge in [-0.05, 0) is 55.5 Å². The molecule has 1 aliphatic heterocycles. The van der Waals surface area contributed by atoms with E-state index in [0.29, 0.717) is 28.5 Å². The number of benzene rings is 2. The summed E-state index contributed by atoms with van der Waals surface area (Å²) in [5, 5.41) is 14.8. The number of carbonyl (C=O) groups excluding carboxylic acids is 1. The predicted molar refractivity (Wildman–Crippen MR) is 119 cm³/mol. The predicted octanol–water partition coefficient (Wildman–Crippen LogP) is 5.87. The number of amides is 1. The van der Waals surface area contributed by atoms with Crippen LogP contribution in [0.25, 0.3) is 17.4 Å². The van der Waals surface area contributed by atoms with E-state index in [0.717, 1.165) is 15.0 Å². The fourth-order valence-electron chi connectivity index (χ4n) is 3.01. The van der Waals surface area contributed by atoms with Crippen molar-refractivity contribution in [3.05, 3.63) is 81.0 Å². The SMILES string of the molecule is CC1=NN(c2ccc(Cl)c(C(=O)O)c2)C(=O)/C1=C/c1ccc(-c2ccc(Br)cc2)o1. The van der Waals surface area contributed by atoms with Crippen LogP contribution in [0, 0.1) is 0 Å². The van der Waals surface area contributed by atoms with Crippen molar-refractivity contribution in [3.63, 3.8) is 0 Å². The molecule has 0 atom stereocenters. The second-order valence-corrected chi connectivity index (χ2v) is 7.86. The highest BCUT2D eigenvalue weighted by Gasteiger charge is 2.30. The molecule has 1 amide bonds. The second kappa shape index (κ2) is 7.93. The summed E-state index contributed by atoms with van der Waals surface area (Å²) in [5.74, 6) is -0.376. The maximum Gasteiger partial charge on any atom is 0.337 e. The Morgan fingerprint density at radius 3 is 2.60 bits per heavy atom. The van der Waals surface area contributed by atoms with Gasteiger partial charge in [-0.15, -0.1) is 0 Å². The lowest BCUT2D eigenvalue weighted by Crippen LogP contribution is -2.21. The Morgan fingerprint density at radius 2 is 1.90 bits per heavy atom. The molecule has 0 bridgehead atoms. The second-order valence-electron chi connectivity index (χ2n) is 6.54. The summed E-state index contributed by atoms with van der Waals surface area (Å²) in [4.78, 5) is 24.2. The minimum atomic E-state index is -1.18. The average molecular weight is 486 g/mol. The maximum absolute atomic E-state index is 12.9. The molecular weight excluding hydrogens is 472 g/mol. The summed E-state index contributed by atoms with van der Waals surface area (Å²) >= 11 is 9.31. The van der Waals surface area contributed by atoms with E-state index in [2.05, 4.69) is 21.0 Å². The van der Waals surface area contributed by atoms with Crippen molar-refractivity contribution >= 4 is 56.9 Å². The van der Waals surface area contributed by atoms with E-state index in [1.165, 1.54) is 12.1 Å². The lowest BCUT2D eigenvalue weighted by molar-refractivity contribution is -0.114. The molecule has 2 aromatic carbocycles. The van der Waals surface area contributed by atoms with Gasteiger partial charge in [-0.3, -0.25) is 4.79 Å². The molecule has 0 saturated heterocycles. The standard InChI is InChI=1S/C22H14BrClN2O4/c1-12-17(11-16-7-9-20(30-16)13-2-4-14(23)5-3-13)21(27)26(25-12)15-6-8-19(24)18(10-15)22(28)29/h2-11H,1H3,(H,28,29)/b17-11+. The Hall–Kier alpha value is -3.16. The van der Waals surface area contributed by atoms with Crippen LogP contribution in [0.5, 0.6) is 0 Å². The van der Waals surface area contributed by atoms with Crippen molar-refractivity contribution < 1.29 is 19.1 Å². The van der Waals surface area contributed by atoms with Crippen LogP contribution >= 0.6 is 27.5 Å². The Bertz CT molecular complexity index is 1230. The van der Waals surface area contributed by atoms with Gasteiger partial charge in [-0.25, -0.2) is 4.79 Å². The summed E-state index contributed by atoms with van der Waals surface area (Å²) in [7, 11) is 0. The largest absolute Gasteiger partial charge is 0.478 e. The quantitative estimate of drug-likeness (QED) is 0.469. The molecule has 8 heteroatoms. The Labute approximate surface area is 185 Å². The normalized spacial score (nSPS) is 15.0. The van der Waals surface area contributed by atoms with Gasteiger partial charge < -0.3 is 9.52 Å². The fraction of sp³-hybridized carbons (Fsp3) is 0.0455. The minimum Gasteiger partial charge on any atom is -0.478 e. The average Bonchev–Trinajstić information content (AvgIpc) is 3.29. The first-order chi connectivity index (χ1) is 14.3. The zero-order chi connectivity index (χ0) is 21.4. The van der Waals surface area contributed by atoms with Gasteiger partial charge >= 0.3 is 5.97 Å². The number of rotatable bonds is 4. The molecule has 0 saturated carbocycles. The molecule has 2 heterocycles. The number of halogens is 2. The highest BCUT2D eigenvalue weighted by molar-refractivity contribution is 9.10. The Kier molecular flexibility index (Phi) is 5.32. The van der Waals surface area contributed by atoms with E-state index in [1.54, 1.807) is 25.1 Å². The molecule has 4 rings (SSSR count). The smallest absolute Gasteiger partial charge is 0.337 e. The zero-order valence-electron chi connectivity index (χ0n) is 15.6. The lowest BCUT2D eigenvalue weighted by atomic mass is 10.1. The van der Waals surface area contributed by atoms with Crippen molar-refractivity contribution in [1.82, 2.24) is 0 Å². The maximum atomic E-state index is 12.9. The first-order valence-corrected chi connectivity index (χ1v) is 10.0. The van der Waals surface area contributed by atoms with Crippen molar-refractivity contribution in [2.75, 3.05) is 5.01 Å². The van der Waals surface area contributed by atoms with Crippen LogP contribution in [0.15, 0.2) is 74.2 Å². The summed E-state index contributed by atoms with van der Waals surface area (Å²) in [5.41, 5.74) is 1.99. The molecule has 6 nitrogen and oxygen atoms in total. The molecular formula is C22H14BrClN2O4. The molecule has 1 N–H and O–H groups in total. The van der Waals surface area contributed by atoms with Gasteiger partial charge in [0.1, 0.15) is 11.5 Å². The third-order valence-corrected chi connectivity index (χ3v) is 5.39. The van der Waals surface area contributed by atoms with Crippen LogP contribution in [0.2, 0.25) is 5.02 Å². The van der Waals surface area contributed by atoms with Crippen LogP contribution < -0.4 is 5.01 Å². The molecule has 0 radical (unpaired) electrons. The van der Waals surface area contributed by atoms with Gasteiger partial charge in [-0.2, -0.15) is 10.1 Å². The van der Waals surface area contributed by atoms with Gasteiger partial charge in [0.25, 0.3) is 5.91 Å². The summed E-state index contributed by atoms with van der Waals surface area (Å²) in [6, 6.07) is 15.6. The van der Waals surface area contributed by atoms with E-state index in [1.807, 2.05) is 30.3 Å². The van der Waals surface area contributed by atoms with Crippen molar-refractivity contribution in [3.8, 4) is 11.3 Å². The van der Waals surface area contributed by atoms with Gasteiger partial charge in [0.05, 0.1) is 27.6 Å². The minimum absolute atomic E-state index is 0.0884. The van der Waals surface area contributed by atoms with Crippen LogP contribution in [-0.4, -0.2) is 22.7 Å². The van der Waals surface area contributed by atoms with E-state index < -0.39 is 5.97 Å². The Morgan fingerprint density at radius 1 is 1.17 bits per heavy atom. The van der Waals surface area contributed by atoms with Crippen LogP contribution in [0.3, 0.4) is 0 Å². The highest BCUT2D eigenvalue weighted by atomic mass is 79.9. The molecule has 30 heavy (non-hydrogen) atoms. The van der Waals surface area contributed by atoms with Crippen LogP contribution in [0.1, 0.15) is 23.0 Å². The van der Waals surface area contributed by atoms with E-state index >= 15 is 0 Å². The van der Waals surface area contributed by atoms with Gasteiger partial charge in [0.2, 0.25) is 0 Å². The number of nitrogens with zero attached hydrogens (tertiary/aromatic N) is 2. The molecule has 1 aliphatic rings. The van der Waals surface area contributed by atoms with E-state index in [9.17, 15) is 14.7 Å². The fourth-order valence-corrected chi connectivity index (χ4v) is 3.47. The number of carbonyl (C=O) groups is 2. The lowest BCUT2D eigenvalue weighted by Gasteiger charge is -2.12. The van der Waals surface area contributed by atoms with Crippen LogP contribution in [-0.2, 0) is 4.79 Å². The monoisotopic (exact) mass is 484 g/mol. The third kappa shape index (κ3) is 3.81.